The molecule has 2 amide bonds. The van der Waals surface area contributed by atoms with Crippen LogP contribution < -0.4 is 15.4 Å². The van der Waals surface area contributed by atoms with E-state index in [0.717, 1.165) is 5.56 Å². The van der Waals surface area contributed by atoms with Crippen LogP contribution in [0.15, 0.2) is 77.3 Å². The minimum absolute atomic E-state index is 0.164. The standard InChI is InChI=1S/C25H21FN4O4/c1-16-28-23(30-34-16)15-33-22-11-7-18(8-12-22)24(31)27-14-17-3-2-4-21(13-17)29-25(32)19-5-9-20(26)10-6-19/h2-13H,14-15H2,1H3,(H,27,31)(H,29,32). The van der Waals surface area contributed by atoms with Gasteiger partial charge >= 0.3 is 0 Å². The maximum atomic E-state index is 13.0. The molecule has 0 saturated heterocycles. The third kappa shape index (κ3) is 6.04. The number of anilines is 1. The molecule has 172 valence electrons. The number of benzene rings is 3. The Bertz CT molecular complexity index is 1290. The average Bonchev–Trinajstić information content (AvgIpc) is 3.27. The van der Waals surface area contributed by atoms with E-state index < -0.39 is 5.82 Å². The van der Waals surface area contributed by atoms with Crippen LogP contribution in [-0.2, 0) is 13.2 Å². The first-order valence-corrected chi connectivity index (χ1v) is 10.4. The first-order valence-electron chi connectivity index (χ1n) is 10.4. The summed E-state index contributed by atoms with van der Waals surface area (Å²) in [5.74, 6) is 0.472. The molecule has 0 fully saturated rings. The van der Waals surface area contributed by atoms with Gasteiger partial charge in [-0.3, -0.25) is 9.59 Å². The van der Waals surface area contributed by atoms with Crippen LogP contribution in [0.5, 0.6) is 5.75 Å². The zero-order chi connectivity index (χ0) is 23.9. The van der Waals surface area contributed by atoms with Gasteiger partial charge in [0.25, 0.3) is 11.8 Å². The van der Waals surface area contributed by atoms with Gasteiger partial charge in [-0.15, -0.1) is 0 Å². The van der Waals surface area contributed by atoms with Gasteiger partial charge in [0.1, 0.15) is 11.6 Å². The van der Waals surface area contributed by atoms with Crippen molar-refractivity contribution in [2.45, 2.75) is 20.1 Å². The number of halogens is 1. The lowest BCUT2D eigenvalue weighted by atomic mass is 10.1. The van der Waals surface area contributed by atoms with Gasteiger partial charge in [0.05, 0.1) is 0 Å². The van der Waals surface area contributed by atoms with Gasteiger partial charge in [0.2, 0.25) is 11.7 Å². The number of hydrogen-bond acceptors (Lipinski definition) is 6. The summed E-state index contributed by atoms with van der Waals surface area (Å²) in [6, 6.07) is 19.1. The van der Waals surface area contributed by atoms with Crippen molar-refractivity contribution in [1.82, 2.24) is 15.5 Å². The summed E-state index contributed by atoms with van der Waals surface area (Å²) in [5, 5.41) is 9.37. The molecule has 2 N–H and O–H groups in total. The summed E-state index contributed by atoms with van der Waals surface area (Å²) >= 11 is 0. The zero-order valence-electron chi connectivity index (χ0n) is 18.2. The molecule has 0 radical (unpaired) electrons. The fourth-order valence-electron chi connectivity index (χ4n) is 3.10. The van der Waals surface area contributed by atoms with Crippen molar-refractivity contribution in [3.05, 3.63) is 107 Å². The smallest absolute Gasteiger partial charge is 0.255 e. The molecule has 0 saturated carbocycles. The SMILES string of the molecule is Cc1nc(COc2ccc(C(=O)NCc3cccc(NC(=O)c4ccc(F)cc4)c3)cc2)no1. The topological polar surface area (TPSA) is 106 Å². The van der Waals surface area contributed by atoms with Gasteiger partial charge in [-0.05, 0) is 66.2 Å². The van der Waals surface area contributed by atoms with E-state index in [1.165, 1.54) is 24.3 Å². The van der Waals surface area contributed by atoms with Gasteiger partial charge in [-0.1, -0.05) is 17.3 Å². The predicted molar refractivity (Wildman–Crippen MR) is 122 cm³/mol. The Labute approximate surface area is 194 Å². The monoisotopic (exact) mass is 460 g/mol. The van der Waals surface area contributed by atoms with E-state index in [2.05, 4.69) is 20.8 Å². The molecule has 9 heteroatoms. The van der Waals surface area contributed by atoms with E-state index in [1.807, 2.05) is 6.07 Å². The summed E-state index contributed by atoms with van der Waals surface area (Å²) in [6.45, 7) is 2.13. The molecule has 3 aromatic carbocycles. The lowest BCUT2D eigenvalue weighted by molar-refractivity contribution is 0.0950. The highest BCUT2D eigenvalue weighted by molar-refractivity contribution is 6.04. The number of aromatic nitrogens is 2. The van der Waals surface area contributed by atoms with Crippen molar-refractivity contribution in [3.63, 3.8) is 0 Å². The normalized spacial score (nSPS) is 10.5. The maximum Gasteiger partial charge on any atom is 0.255 e. The summed E-state index contributed by atoms with van der Waals surface area (Å²) in [6.07, 6.45) is 0. The lowest BCUT2D eigenvalue weighted by Crippen LogP contribution is -2.22. The quantitative estimate of drug-likeness (QED) is 0.407. The first kappa shape index (κ1) is 22.7. The molecule has 0 aliphatic rings. The van der Waals surface area contributed by atoms with Crippen LogP contribution in [-0.4, -0.2) is 22.0 Å². The minimum Gasteiger partial charge on any atom is -0.485 e. The number of aryl methyl sites for hydroxylation is 1. The second kappa shape index (κ2) is 10.4. The van der Waals surface area contributed by atoms with Crippen LogP contribution in [0.1, 0.15) is 38.0 Å². The van der Waals surface area contributed by atoms with Crippen molar-refractivity contribution < 1.29 is 23.2 Å². The third-order valence-electron chi connectivity index (χ3n) is 4.80. The van der Waals surface area contributed by atoms with Crippen LogP contribution >= 0.6 is 0 Å². The van der Waals surface area contributed by atoms with E-state index in [1.54, 1.807) is 49.4 Å². The van der Waals surface area contributed by atoms with Crippen molar-refractivity contribution >= 4 is 17.5 Å². The molecule has 0 atom stereocenters. The van der Waals surface area contributed by atoms with Crippen molar-refractivity contribution in [1.29, 1.82) is 0 Å². The van der Waals surface area contributed by atoms with Crippen molar-refractivity contribution in [3.8, 4) is 5.75 Å². The number of amides is 2. The molecule has 0 bridgehead atoms. The second-order valence-corrected chi connectivity index (χ2v) is 7.39. The molecule has 0 aliphatic heterocycles. The number of rotatable bonds is 8. The molecule has 4 rings (SSSR count). The highest BCUT2D eigenvalue weighted by Gasteiger charge is 2.09. The zero-order valence-corrected chi connectivity index (χ0v) is 18.2. The van der Waals surface area contributed by atoms with E-state index >= 15 is 0 Å². The van der Waals surface area contributed by atoms with E-state index in [-0.39, 0.29) is 25.0 Å². The van der Waals surface area contributed by atoms with Crippen LogP contribution in [0.3, 0.4) is 0 Å². The van der Waals surface area contributed by atoms with E-state index in [0.29, 0.717) is 34.3 Å². The molecule has 0 spiro atoms. The number of carbonyl (C=O) groups excluding carboxylic acids is 2. The third-order valence-corrected chi connectivity index (χ3v) is 4.80. The lowest BCUT2D eigenvalue weighted by Gasteiger charge is -2.09. The fraction of sp³-hybridized carbons (Fsp3) is 0.120. The van der Waals surface area contributed by atoms with Crippen LogP contribution in [0.4, 0.5) is 10.1 Å². The minimum atomic E-state index is -0.407. The van der Waals surface area contributed by atoms with Crippen molar-refractivity contribution in [2.75, 3.05) is 5.32 Å². The Morgan fingerprint density at radius 1 is 0.971 bits per heavy atom. The number of carbonyl (C=O) groups is 2. The number of hydrogen-bond donors (Lipinski definition) is 2. The Morgan fingerprint density at radius 3 is 2.38 bits per heavy atom. The van der Waals surface area contributed by atoms with Crippen LogP contribution in [0, 0.1) is 12.7 Å². The molecule has 8 nitrogen and oxygen atoms in total. The Balaban J connectivity index is 1.29. The number of nitrogens with zero attached hydrogens (tertiary/aromatic N) is 2. The summed E-state index contributed by atoms with van der Waals surface area (Å²) < 4.78 is 23.5. The number of ether oxygens (including phenoxy) is 1. The Kier molecular flexibility index (Phi) is 6.92. The molecule has 0 aliphatic carbocycles. The summed E-state index contributed by atoms with van der Waals surface area (Å²) in [5.41, 5.74) is 2.20. The Hall–Kier alpha value is -4.53. The average molecular weight is 460 g/mol. The van der Waals surface area contributed by atoms with Gasteiger partial charge in [-0.2, -0.15) is 4.98 Å². The van der Waals surface area contributed by atoms with Gasteiger partial charge in [0, 0.05) is 30.3 Å². The largest absolute Gasteiger partial charge is 0.485 e. The van der Waals surface area contributed by atoms with E-state index in [9.17, 15) is 14.0 Å². The number of nitrogens with one attached hydrogen (secondary N) is 2. The molecular weight excluding hydrogens is 439 g/mol. The van der Waals surface area contributed by atoms with Crippen LogP contribution in [0.2, 0.25) is 0 Å². The molecule has 4 aromatic rings. The molecule has 1 aromatic heterocycles. The van der Waals surface area contributed by atoms with Crippen LogP contribution in [0.25, 0.3) is 0 Å². The van der Waals surface area contributed by atoms with E-state index in [4.69, 9.17) is 9.26 Å². The van der Waals surface area contributed by atoms with Crippen molar-refractivity contribution in [2.24, 2.45) is 0 Å². The molecule has 0 unspecified atom stereocenters. The highest BCUT2D eigenvalue weighted by atomic mass is 19.1. The highest BCUT2D eigenvalue weighted by Crippen LogP contribution is 2.15. The fourth-order valence-corrected chi connectivity index (χ4v) is 3.10. The first-order chi connectivity index (χ1) is 16.5. The molecular formula is C25H21FN4O4. The Morgan fingerprint density at radius 2 is 1.68 bits per heavy atom. The van der Waals surface area contributed by atoms with Gasteiger partial charge in [-0.25, -0.2) is 4.39 Å². The second-order valence-electron chi connectivity index (χ2n) is 7.39. The molecule has 1 heterocycles. The predicted octanol–water partition coefficient (Wildman–Crippen LogP) is 4.28. The van der Waals surface area contributed by atoms with Gasteiger partial charge < -0.3 is 19.9 Å². The molecule has 34 heavy (non-hydrogen) atoms. The summed E-state index contributed by atoms with van der Waals surface area (Å²) in [4.78, 5) is 28.9. The maximum absolute atomic E-state index is 13.0. The summed E-state index contributed by atoms with van der Waals surface area (Å²) in [7, 11) is 0. The van der Waals surface area contributed by atoms with Gasteiger partial charge in [0.15, 0.2) is 6.61 Å².